The second-order valence-electron chi connectivity index (χ2n) is 3.84. The maximum atomic E-state index is 12.8. The van der Waals surface area contributed by atoms with Gasteiger partial charge in [0.1, 0.15) is 23.0 Å². The van der Waals surface area contributed by atoms with E-state index in [-0.39, 0.29) is 10.7 Å². The van der Waals surface area contributed by atoms with Gasteiger partial charge in [0.15, 0.2) is 5.13 Å². The van der Waals surface area contributed by atoms with Crippen molar-refractivity contribution in [1.82, 2.24) is 4.98 Å². The summed E-state index contributed by atoms with van der Waals surface area (Å²) in [5, 5.41) is 25.5. The van der Waals surface area contributed by atoms with Crippen LogP contribution in [0.3, 0.4) is 0 Å². The number of anilines is 1. The fourth-order valence-electron chi connectivity index (χ4n) is 1.41. The number of phenols is 1. The Morgan fingerprint density at radius 1 is 1.50 bits per heavy atom. The van der Waals surface area contributed by atoms with Crippen molar-refractivity contribution in [3.05, 3.63) is 40.7 Å². The predicted molar refractivity (Wildman–Crippen MR) is 72.1 cm³/mol. The lowest BCUT2D eigenvalue weighted by atomic mass is 10.2. The fourth-order valence-corrected chi connectivity index (χ4v) is 2.16. The van der Waals surface area contributed by atoms with Crippen LogP contribution in [0.4, 0.5) is 9.52 Å². The average Bonchev–Trinajstić information content (AvgIpc) is 2.86. The van der Waals surface area contributed by atoms with E-state index < -0.39 is 17.5 Å². The van der Waals surface area contributed by atoms with Gasteiger partial charge in [-0.15, -0.1) is 11.3 Å². The molecule has 0 aliphatic rings. The molecule has 0 saturated heterocycles. The highest BCUT2D eigenvalue weighted by Gasteiger charge is 2.14. The van der Waals surface area contributed by atoms with Crippen LogP contribution in [0.25, 0.3) is 0 Å². The zero-order valence-corrected chi connectivity index (χ0v) is 11.1. The van der Waals surface area contributed by atoms with E-state index in [1.54, 1.807) is 12.3 Å². The molecule has 1 aromatic carbocycles. The van der Waals surface area contributed by atoms with E-state index in [4.69, 9.17) is 5.21 Å². The molecule has 104 valence electrons. The second kappa shape index (κ2) is 5.66. The van der Waals surface area contributed by atoms with Crippen LogP contribution in [-0.4, -0.2) is 26.9 Å². The molecule has 0 saturated carbocycles. The topological polar surface area (TPSA) is 94.8 Å². The molecule has 20 heavy (non-hydrogen) atoms. The third-order valence-electron chi connectivity index (χ3n) is 2.45. The molecule has 6 nitrogen and oxygen atoms in total. The van der Waals surface area contributed by atoms with Gasteiger partial charge in [0.25, 0.3) is 5.91 Å². The molecule has 0 fully saturated rings. The molecule has 0 bridgehead atoms. The summed E-state index contributed by atoms with van der Waals surface area (Å²) in [5.41, 5.74) is 0.679. The Hall–Kier alpha value is -2.48. The number of nitrogens with one attached hydrogen (secondary N) is 1. The summed E-state index contributed by atoms with van der Waals surface area (Å²) in [5.74, 6) is -1.69. The number of thiazole rings is 1. The summed E-state index contributed by atoms with van der Waals surface area (Å²) in [4.78, 5) is 15.9. The summed E-state index contributed by atoms with van der Waals surface area (Å²) < 4.78 is 12.8. The molecule has 2 aromatic rings. The van der Waals surface area contributed by atoms with E-state index in [2.05, 4.69) is 15.5 Å². The molecule has 0 spiro atoms. The zero-order valence-electron chi connectivity index (χ0n) is 10.3. The molecule has 2 rings (SSSR count). The lowest BCUT2D eigenvalue weighted by molar-refractivity contribution is 0.102. The Morgan fingerprint density at radius 2 is 2.25 bits per heavy atom. The quantitative estimate of drug-likeness (QED) is 0.460. The second-order valence-corrected chi connectivity index (χ2v) is 4.70. The highest BCUT2D eigenvalue weighted by Crippen LogP contribution is 2.21. The molecule has 1 amide bonds. The third-order valence-corrected chi connectivity index (χ3v) is 3.21. The monoisotopic (exact) mass is 295 g/mol. The number of nitrogens with zero attached hydrogens (tertiary/aromatic N) is 2. The van der Waals surface area contributed by atoms with Gasteiger partial charge in [-0.3, -0.25) is 10.1 Å². The number of hydrogen-bond acceptors (Lipinski definition) is 6. The normalized spacial score (nSPS) is 11.4. The number of benzene rings is 1. The molecule has 3 N–H and O–H groups in total. The van der Waals surface area contributed by atoms with Gasteiger partial charge in [-0.2, -0.15) is 0 Å². The van der Waals surface area contributed by atoms with Gasteiger partial charge in [-0.25, -0.2) is 9.37 Å². The highest BCUT2D eigenvalue weighted by atomic mass is 32.1. The van der Waals surface area contributed by atoms with Crippen molar-refractivity contribution in [2.75, 3.05) is 5.32 Å². The number of carbonyl (C=O) groups excluding carboxylic acids is 1. The van der Waals surface area contributed by atoms with Crippen LogP contribution in [0.1, 0.15) is 23.0 Å². The first kappa shape index (κ1) is 13.9. The van der Waals surface area contributed by atoms with Crippen LogP contribution in [-0.2, 0) is 0 Å². The Morgan fingerprint density at radius 3 is 2.90 bits per heavy atom. The zero-order chi connectivity index (χ0) is 14.7. The first-order chi connectivity index (χ1) is 9.51. The minimum absolute atomic E-state index is 0.0595. The molecular formula is C12H10FN3O3S. The Balaban J connectivity index is 2.17. The van der Waals surface area contributed by atoms with Gasteiger partial charge in [0.05, 0.1) is 5.56 Å². The van der Waals surface area contributed by atoms with Crippen LogP contribution in [0.2, 0.25) is 0 Å². The minimum atomic E-state index is -0.634. The first-order valence-electron chi connectivity index (χ1n) is 5.45. The van der Waals surface area contributed by atoms with Crippen LogP contribution in [0, 0.1) is 5.82 Å². The van der Waals surface area contributed by atoms with Gasteiger partial charge < -0.3 is 10.3 Å². The fraction of sp³-hybridized carbons (Fsp3) is 0.0833. The molecule has 1 heterocycles. The molecule has 0 aliphatic heterocycles. The molecule has 0 aliphatic carbocycles. The SMILES string of the molecule is C/C(=N/O)c1csc(NC(=O)c2ccc(F)cc2O)n1. The number of hydrogen-bond donors (Lipinski definition) is 3. The van der Waals surface area contributed by atoms with Gasteiger partial charge in [0, 0.05) is 11.4 Å². The van der Waals surface area contributed by atoms with Crippen LogP contribution in [0.15, 0.2) is 28.7 Å². The van der Waals surface area contributed by atoms with E-state index in [0.29, 0.717) is 11.4 Å². The largest absolute Gasteiger partial charge is 0.507 e. The number of rotatable bonds is 3. The Labute approximate surface area is 117 Å². The van der Waals surface area contributed by atoms with Crippen molar-refractivity contribution in [2.45, 2.75) is 6.92 Å². The van der Waals surface area contributed by atoms with Crippen molar-refractivity contribution in [2.24, 2.45) is 5.16 Å². The highest BCUT2D eigenvalue weighted by molar-refractivity contribution is 7.14. The van der Waals surface area contributed by atoms with Crippen molar-refractivity contribution >= 4 is 28.1 Å². The standard InChI is InChI=1S/C12H10FN3O3S/c1-6(16-19)9-5-20-12(14-9)15-11(18)8-3-2-7(13)4-10(8)17/h2-5,17,19H,1H3,(H,14,15,18)/b16-6-. The third kappa shape index (κ3) is 2.91. The number of halogens is 1. The summed E-state index contributed by atoms with van der Waals surface area (Å²) in [6.45, 7) is 1.56. The molecular weight excluding hydrogens is 285 g/mol. The molecule has 0 atom stereocenters. The lowest BCUT2D eigenvalue weighted by Gasteiger charge is -2.04. The summed E-state index contributed by atoms with van der Waals surface area (Å²) in [7, 11) is 0. The molecule has 1 aromatic heterocycles. The van der Waals surface area contributed by atoms with Gasteiger partial charge >= 0.3 is 0 Å². The van der Waals surface area contributed by atoms with Crippen molar-refractivity contribution in [3.8, 4) is 5.75 Å². The summed E-state index contributed by atoms with van der Waals surface area (Å²) in [6.07, 6.45) is 0. The van der Waals surface area contributed by atoms with E-state index in [9.17, 15) is 14.3 Å². The smallest absolute Gasteiger partial charge is 0.261 e. The number of aromatic nitrogens is 1. The first-order valence-corrected chi connectivity index (χ1v) is 6.33. The summed E-state index contributed by atoms with van der Waals surface area (Å²) >= 11 is 1.13. The van der Waals surface area contributed by atoms with Gasteiger partial charge in [-0.05, 0) is 19.1 Å². The Kier molecular flexibility index (Phi) is 3.94. The average molecular weight is 295 g/mol. The van der Waals surface area contributed by atoms with Gasteiger partial charge in [-0.1, -0.05) is 5.16 Å². The molecule has 8 heteroatoms. The van der Waals surface area contributed by atoms with Gasteiger partial charge in [0.2, 0.25) is 0 Å². The minimum Gasteiger partial charge on any atom is -0.507 e. The number of oxime groups is 1. The maximum absolute atomic E-state index is 12.8. The van der Waals surface area contributed by atoms with Crippen molar-refractivity contribution in [3.63, 3.8) is 0 Å². The van der Waals surface area contributed by atoms with E-state index in [0.717, 1.165) is 23.5 Å². The number of amides is 1. The molecule has 0 unspecified atom stereocenters. The van der Waals surface area contributed by atoms with Crippen LogP contribution >= 0.6 is 11.3 Å². The van der Waals surface area contributed by atoms with Crippen molar-refractivity contribution < 1.29 is 19.5 Å². The molecule has 0 radical (unpaired) electrons. The van der Waals surface area contributed by atoms with E-state index >= 15 is 0 Å². The van der Waals surface area contributed by atoms with Crippen LogP contribution < -0.4 is 5.32 Å². The van der Waals surface area contributed by atoms with Crippen LogP contribution in [0.5, 0.6) is 5.75 Å². The predicted octanol–water partition coefficient (Wildman–Crippen LogP) is 2.44. The number of aromatic hydroxyl groups is 1. The lowest BCUT2D eigenvalue weighted by Crippen LogP contribution is -2.12. The number of phenolic OH excluding ortho intramolecular Hbond substituents is 1. The number of carbonyl (C=O) groups is 1. The van der Waals surface area contributed by atoms with E-state index in [1.807, 2.05) is 0 Å². The maximum Gasteiger partial charge on any atom is 0.261 e. The Bertz CT molecular complexity index is 684. The summed E-state index contributed by atoms with van der Waals surface area (Å²) in [6, 6.07) is 3.10. The van der Waals surface area contributed by atoms with Crippen molar-refractivity contribution in [1.29, 1.82) is 0 Å². The van der Waals surface area contributed by atoms with E-state index in [1.165, 1.54) is 6.07 Å².